The van der Waals surface area contributed by atoms with Crippen LogP contribution in [0, 0.1) is 6.92 Å². The minimum atomic E-state index is 0.361. The van der Waals surface area contributed by atoms with Crippen LogP contribution < -0.4 is 5.32 Å². The monoisotopic (exact) mass is 223 g/mol. The Morgan fingerprint density at radius 1 is 1.00 bits per heavy atom. The van der Waals surface area contributed by atoms with Crippen LogP contribution in [-0.2, 0) is 6.42 Å². The van der Waals surface area contributed by atoms with Gasteiger partial charge in [0, 0.05) is 6.54 Å². The quantitative estimate of drug-likeness (QED) is 0.782. The summed E-state index contributed by atoms with van der Waals surface area (Å²) in [5.41, 5.74) is 5.76. The van der Waals surface area contributed by atoms with Crippen LogP contribution >= 0.6 is 0 Å². The normalized spacial score (nSPS) is 18.8. The van der Waals surface area contributed by atoms with E-state index < -0.39 is 0 Å². The SMILES string of the molecule is Cc1cccc2c1CCNC2c1ccccc1. The number of rotatable bonds is 1. The van der Waals surface area contributed by atoms with Gasteiger partial charge in [-0.3, -0.25) is 0 Å². The van der Waals surface area contributed by atoms with E-state index >= 15 is 0 Å². The second-order valence-electron chi connectivity index (χ2n) is 4.69. The summed E-state index contributed by atoms with van der Waals surface area (Å²) < 4.78 is 0. The lowest BCUT2D eigenvalue weighted by Crippen LogP contribution is -2.30. The molecule has 1 heterocycles. The van der Waals surface area contributed by atoms with E-state index in [1.807, 2.05) is 0 Å². The molecule has 0 aliphatic carbocycles. The van der Waals surface area contributed by atoms with Crippen molar-refractivity contribution in [3.63, 3.8) is 0 Å². The molecule has 0 saturated heterocycles. The Hall–Kier alpha value is -1.60. The smallest absolute Gasteiger partial charge is 0.0579 e. The number of hydrogen-bond acceptors (Lipinski definition) is 1. The molecule has 1 nitrogen and oxygen atoms in total. The largest absolute Gasteiger partial charge is 0.306 e. The van der Waals surface area contributed by atoms with E-state index in [0.29, 0.717) is 6.04 Å². The Labute approximate surface area is 102 Å². The van der Waals surface area contributed by atoms with E-state index in [2.05, 4.69) is 60.8 Å². The van der Waals surface area contributed by atoms with Gasteiger partial charge in [-0.2, -0.15) is 0 Å². The predicted molar refractivity (Wildman–Crippen MR) is 71.2 cm³/mol. The van der Waals surface area contributed by atoms with E-state index in [0.717, 1.165) is 13.0 Å². The minimum Gasteiger partial charge on any atom is -0.306 e. The average Bonchev–Trinajstić information content (AvgIpc) is 2.40. The highest BCUT2D eigenvalue weighted by atomic mass is 14.9. The number of aryl methyl sites for hydroxylation is 1. The summed E-state index contributed by atoms with van der Waals surface area (Å²) >= 11 is 0. The molecule has 1 unspecified atom stereocenters. The van der Waals surface area contributed by atoms with Crippen molar-refractivity contribution < 1.29 is 0 Å². The minimum absolute atomic E-state index is 0.361. The molecule has 0 aromatic heterocycles. The zero-order valence-electron chi connectivity index (χ0n) is 10.1. The third kappa shape index (κ3) is 1.87. The molecule has 0 bridgehead atoms. The Kier molecular flexibility index (Phi) is 2.69. The van der Waals surface area contributed by atoms with Crippen molar-refractivity contribution in [3.8, 4) is 0 Å². The molecule has 2 aromatic rings. The fourth-order valence-electron chi connectivity index (χ4n) is 2.73. The molecule has 1 aliphatic heterocycles. The molecule has 0 radical (unpaired) electrons. The third-order valence-electron chi connectivity index (χ3n) is 3.61. The molecule has 2 aromatic carbocycles. The van der Waals surface area contributed by atoms with Crippen molar-refractivity contribution in [2.24, 2.45) is 0 Å². The van der Waals surface area contributed by atoms with Crippen molar-refractivity contribution in [3.05, 3.63) is 70.8 Å². The van der Waals surface area contributed by atoms with Crippen LogP contribution in [0.1, 0.15) is 28.3 Å². The van der Waals surface area contributed by atoms with Crippen LogP contribution in [0.25, 0.3) is 0 Å². The number of fused-ring (bicyclic) bond motifs is 1. The topological polar surface area (TPSA) is 12.0 Å². The molecule has 17 heavy (non-hydrogen) atoms. The molecule has 3 rings (SSSR count). The highest BCUT2D eigenvalue weighted by Crippen LogP contribution is 2.30. The van der Waals surface area contributed by atoms with E-state index in [-0.39, 0.29) is 0 Å². The lowest BCUT2D eigenvalue weighted by molar-refractivity contribution is 0.566. The Morgan fingerprint density at radius 3 is 2.65 bits per heavy atom. The molecular formula is C16H17N. The number of nitrogens with one attached hydrogen (secondary N) is 1. The molecule has 1 atom stereocenters. The van der Waals surface area contributed by atoms with Gasteiger partial charge in [0.25, 0.3) is 0 Å². The Balaban J connectivity index is 2.09. The van der Waals surface area contributed by atoms with E-state index in [9.17, 15) is 0 Å². The van der Waals surface area contributed by atoms with Gasteiger partial charge in [0.2, 0.25) is 0 Å². The van der Waals surface area contributed by atoms with Crippen molar-refractivity contribution in [1.29, 1.82) is 0 Å². The molecule has 86 valence electrons. The zero-order chi connectivity index (χ0) is 11.7. The summed E-state index contributed by atoms with van der Waals surface area (Å²) in [5.74, 6) is 0. The molecule has 0 fully saturated rings. The number of hydrogen-bond donors (Lipinski definition) is 1. The molecule has 1 heteroatoms. The molecule has 0 spiro atoms. The maximum atomic E-state index is 3.62. The van der Waals surface area contributed by atoms with Crippen LogP contribution in [0.15, 0.2) is 48.5 Å². The summed E-state index contributed by atoms with van der Waals surface area (Å²) in [6, 6.07) is 17.7. The number of benzene rings is 2. The molecule has 1 aliphatic rings. The van der Waals surface area contributed by atoms with E-state index in [4.69, 9.17) is 0 Å². The van der Waals surface area contributed by atoms with Crippen LogP contribution in [-0.4, -0.2) is 6.54 Å². The van der Waals surface area contributed by atoms with Gasteiger partial charge in [-0.05, 0) is 35.6 Å². The van der Waals surface area contributed by atoms with Crippen LogP contribution in [0.3, 0.4) is 0 Å². The van der Waals surface area contributed by atoms with Gasteiger partial charge in [0.15, 0.2) is 0 Å². The first-order valence-corrected chi connectivity index (χ1v) is 6.23. The summed E-state index contributed by atoms with van der Waals surface area (Å²) in [6.07, 6.45) is 1.14. The summed E-state index contributed by atoms with van der Waals surface area (Å²) in [7, 11) is 0. The van der Waals surface area contributed by atoms with Crippen LogP contribution in [0.4, 0.5) is 0 Å². The summed E-state index contributed by atoms with van der Waals surface area (Å²) in [6.45, 7) is 3.28. The highest BCUT2D eigenvalue weighted by Gasteiger charge is 2.21. The van der Waals surface area contributed by atoms with Gasteiger partial charge in [-0.1, -0.05) is 48.5 Å². The van der Waals surface area contributed by atoms with Gasteiger partial charge in [0.05, 0.1) is 6.04 Å². The Morgan fingerprint density at radius 2 is 1.82 bits per heavy atom. The second-order valence-corrected chi connectivity index (χ2v) is 4.69. The van der Waals surface area contributed by atoms with Crippen molar-refractivity contribution in [1.82, 2.24) is 5.32 Å². The van der Waals surface area contributed by atoms with E-state index in [1.54, 1.807) is 0 Å². The lowest BCUT2D eigenvalue weighted by atomic mass is 9.87. The molecule has 0 amide bonds. The van der Waals surface area contributed by atoms with Crippen molar-refractivity contribution in [2.75, 3.05) is 6.54 Å². The van der Waals surface area contributed by atoms with Crippen LogP contribution in [0.5, 0.6) is 0 Å². The second kappa shape index (κ2) is 4.34. The third-order valence-corrected chi connectivity index (χ3v) is 3.61. The van der Waals surface area contributed by atoms with Crippen LogP contribution in [0.2, 0.25) is 0 Å². The van der Waals surface area contributed by atoms with Gasteiger partial charge >= 0.3 is 0 Å². The predicted octanol–water partition coefficient (Wildman–Crippen LogP) is 3.23. The molecule has 0 saturated carbocycles. The summed E-state index contributed by atoms with van der Waals surface area (Å²) in [5, 5.41) is 3.62. The first-order valence-electron chi connectivity index (χ1n) is 6.23. The van der Waals surface area contributed by atoms with Gasteiger partial charge in [-0.25, -0.2) is 0 Å². The standard InChI is InChI=1S/C16H17N/c1-12-6-5-9-15-14(12)10-11-17-16(15)13-7-3-2-4-8-13/h2-9,16-17H,10-11H2,1H3. The first-order chi connectivity index (χ1) is 8.36. The fourth-order valence-corrected chi connectivity index (χ4v) is 2.73. The molecular weight excluding hydrogens is 206 g/mol. The van der Waals surface area contributed by atoms with Gasteiger partial charge < -0.3 is 5.32 Å². The maximum absolute atomic E-state index is 3.62. The zero-order valence-corrected chi connectivity index (χ0v) is 10.1. The van der Waals surface area contributed by atoms with E-state index in [1.165, 1.54) is 22.3 Å². The van der Waals surface area contributed by atoms with Gasteiger partial charge in [0.1, 0.15) is 0 Å². The van der Waals surface area contributed by atoms with Crippen molar-refractivity contribution in [2.45, 2.75) is 19.4 Å². The first kappa shape index (κ1) is 10.5. The maximum Gasteiger partial charge on any atom is 0.0579 e. The fraction of sp³-hybridized carbons (Fsp3) is 0.250. The molecule has 1 N–H and O–H groups in total. The lowest BCUT2D eigenvalue weighted by Gasteiger charge is -2.28. The summed E-state index contributed by atoms with van der Waals surface area (Å²) in [4.78, 5) is 0. The van der Waals surface area contributed by atoms with Crippen molar-refractivity contribution >= 4 is 0 Å². The Bertz CT molecular complexity index is 516. The van der Waals surface area contributed by atoms with Gasteiger partial charge in [-0.15, -0.1) is 0 Å². The highest BCUT2D eigenvalue weighted by molar-refractivity contribution is 5.43. The average molecular weight is 223 g/mol.